The van der Waals surface area contributed by atoms with E-state index >= 15 is 0 Å². The molecule has 0 heterocycles. The molecule has 1 aliphatic carbocycles. The van der Waals surface area contributed by atoms with Gasteiger partial charge in [0.15, 0.2) is 0 Å². The Kier molecular flexibility index (Phi) is 5.63. The molecule has 0 radical (unpaired) electrons. The number of hydrogen-bond donors (Lipinski definition) is 3. The van der Waals surface area contributed by atoms with E-state index in [9.17, 15) is 9.59 Å². The molecule has 22 heavy (non-hydrogen) atoms. The number of alkyl carbamates (subject to hydrolysis) is 1. The summed E-state index contributed by atoms with van der Waals surface area (Å²) >= 11 is 0. The van der Waals surface area contributed by atoms with Crippen molar-refractivity contribution < 1.29 is 19.4 Å². The molecule has 1 aromatic carbocycles. The molecule has 1 aliphatic rings. The lowest BCUT2D eigenvalue weighted by Gasteiger charge is -2.37. The molecular formula is C16H22N2O4. The number of carbonyl (C=O) groups is 2. The lowest BCUT2D eigenvalue weighted by Crippen LogP contribution is -2.56. The number of benzene rings is 1. The highest BCUT2D eigenvalue weighted by molar-refractivity contribution is 5.69. The van der Waals surface area contributed by atoms with Crippen molar-refractivity contribution in [2.45, 2.75) is 44.2 Å². The Bertz CT molecular complexity index is 498. The fourth-order valence-corrected chi connectivity index (χ4v) is 2.80. The van der Waals surface area contributed by atoms with E-state index in [4.69, 9.17) is 9.84 Å². The maximum absolute atomic E-state index is 12.0. The molecule has 0 atom stereocenters. The van der Waals surface area contributed by atoms with Crippen molar-refractivity contribution in [3.8, 4) is 0 Å². The Balaban J connectivity index is 1.88. The van der Waals surface area contributed by atoms with Gasteiger partial charge < -0.3 is 20.5 Å². The Hall–Kier alpha value is -2.24. The Morgan fingerprint density at radius 1 is 1.14 bits per heavy atom. The summed E-state index contributed by atoms with van der Waals surface area (Å²) in [5, 5.41) is 14.0. The normalized spacial score (nSPS) is 16.5. The summed E-state index contributed by atoms with van der Waals surface area (Å²) in [4.78, 5) is 22.8. The first-order chi connectivity index (χ1) is 10.6. The van der Waals surface area contributed by atoms with Crippen LogP contribution in [0.2, 0.25) is 0 Å². The molecule has 6 nitrogen and oxygen atoms in total. The van der Waals surface area contributed by atoms with Crippen LogP contribution >= 0.6 is 0 Å². The molecule has 6 heteroatoms. The quantitative estimate of drug-likeness (QED) is 0.780. The molecule has 2 amide bonds. The number of amides is 2. The van der Waals surface area contributed by atoms with Crippen LogP contribution in [0.5, 0.6) is 0 Å². The van der Waals surface area contributed by atoms with Crippen LogP contribution in [-0.4, -0.2) is 29.4 Å². The fraction of sp³-hybridized carbons (Fsp3) is 0.500. The summed E-state index contributed by atoms with van der Waals surface area (Å²) in [5.41, 5.74) is 0.378. The van der Waals surface area contributed by atoms with Crippen molar-refractivity contribution in [1.82, 2.24) is 10.6 Å². The van der Waals surface area contributed by atoms with Crippen LogP contribution in [0.4, 0.5) is 9.59 Å². The maximum atomic E-state index is 12.0. The zero-order valence-corrected chi connectivity index (χ0v) is 12.5. The smallest absolute Gasteiger partial charge is 0.407 e. The van der Waals surface area contributed by atoms with Crippen LogP contribution in [0.1, 0.15) is 37.7 Å². The third-order valence-electron chi connectivity index (χ3n) is 3.97. The highest BCUT2D eigenvalue weighted by atomic mass is 16.5. The summed E-state index contributed by atoms with van der Waals surface area (Å²) in [7, 11) is 0. The van der Waals surface area contributed by atoms with Crippen LogP contribution < -0.4 is 10.6 Å². The number of carbonyl (C=O) groups excluding carboxylic acids is 1. The Morgan fingerprint density at radius 2 is 1.82 bits per heavy atom. The van der Waals surface area contributed by atoms with Crippen LogP contribution in [-0.2, 0) is 11.3 Å². The second-order valence-corrected chi connectivity index (χ2v) is 5.69. The monoisotopic (exact) mass is 306 g/mol. The van der Waals surface area contributed by atoms with E-state index in [1.807, 2.05) is 30.3 Å². The molecule has 0 aliphatic heterocycles. The lowest BCUT2D eigenvalue weighted by molar-refractivity contribution is 0.115. The van der Waals surface area contributed by atoms with E-state index < -0.39 is 17.7 Å². The van der Waals surface area contributed by atoms with Gasteiger partial charge in [-0.15, -0.1) is 0 Å². The second-order valence-electron chi connectivity index (χ2n) is 5.69. The molecule has 1 aromatic rings. The molecule has 3 N–H and O–H groups in total. The average Bonchev–Trinajstić information content (AvgIpc) is 2.53. The van der Waals surface area contributed by atoms with Gasteiger partial charge in [0.1, 0.15) is 6.61 Å². The standard InChI is InChI=1S/C16H22N2O4/c19-14(20)17-12-16(9-5-2-6-10-16)18-15(21)22-11-13-7-3-1-4-8-13/h1,3-4,7-8,17H,2,5-6,9-12H2,(H,18,21)(H,19,20). The van der Waals surface area contributed by atoms with Gasteiger partial charge in [0, 0.05) is 6.54 Å². The van der Waals surface area contributed by atoms with Gasteiger partial charge in [-0.3, -0.25) is 0 Å². The van der Waals surface area contributed by atoms with Crippen molar-refractivity contribution in [3.63, 3.8) is 0 Å². The van der Waals surface area contributed by atoms with E-state index in [1.54, 1.807) is 0 Å². The summed E-state index contributed by atoms with van der Waals surface area (Å²) in [5.74, 6) is 0. The van der Waals surface area contributed by atoms with E-state index in [0.717, 1.165) is 37.7 Å². The van der Waals surface area contributed by atoms with Gasteiger partial charge in [-0.2, -0.15) is 0 Å². The van der Waals surface area contributed by atoms with Crippen LogP contribution in [0.3, 0.4) is 0 Å². The van der Waals surface area contributed by atoms with Crippen molar-refractivity contribution in [1.29, 1.82) is 0 Å². The predicted octanol–water partition coefficient (Wildman–Crippen LogP) is 2.88. The van der Waals surface area contributed by atoms with Gasteiger partial charge in [-0.1, -0.05) is 49.6 Å². The third kappa shape index (κ3) is 4.95. The van der Waals surface area contributed by atoms with Gasteiger partial charge >= 0.3 is 12.2 Å². The predicted molar refractivity (Wildman–Crippen MR) is 81.6 cm³/mol. The lowest BCUT2D eigenvalue weighted by atomic mass is 9.81. The van der Waals surface area contributed by atoms with E-state index in [2.05, 4.69) is 10.6 Å². The molecule has 0 aromatic heterocycles. The molecule has 0 saturated heterocycles. The zero-order valence-electron chi connectivity index (χ0n) is 12.5. The largest absolute Gasteiger partial charge is 0.465 e. The molecule has 120 valence electrons. The Labute approximate surface area is 129 Å². The highest BCUT2D eigenvalue weighted by Gasteiger charge is 2.34. The number of hydrogen-bond acceptors (Lipinski definition) is 3. The molecule has 1 saturated carbocycles. The molecule has 1 fully saturated rings. The molecule has 2 rings (SSSR count). The summed E-state index contributed by atoms with van der Waals surface area (Å²) in [6, 6.07) is 9.44. The second kappa shape index (κ2) is 7.68. The van der Waals surface area contributed by atoms with Gasteiger partial charge in [0.2, 0.25) is 0 Å². The van der Waals surface area contributed by atoms with E-state index in [-0.39, 0.29) is 13.2 Å². The number of carboxylic acid groups (broad SMARTS) is 1. The zero-order chi connectivity index (χ0) is 15.8. The minimum absolute atomic E-state index is 0.203. The minimum atomic E-state index is -1.08. The molecular weight excluding hydrogens is 284 g/mol. The average molecular weight is 306 g/mol. The van der Waals surface area contributed by atoms with Crippen molar-refractivity contribution in [3.05, 3.63) is 35.9 Å². The van der Waals surface area contributed by atoms with Crippen molar-refractivity contribution >= 4 is 12.2 Å². The maximum Gasteiger partial charge on any atom is 0.407 e. The SMILES string of the molecule is O=C(O)NCC1(NC(=O)OCc2ccccc2)CCCCC1. The molecule has 0 unspecified atom stereocenters. The topological polar surface area (TPSA) is 87.7 Å². The first-order valence-electron chi connectivity index (χ1n) is 7.55. The van der Waals surface area contributed by atoms with Crippen molar-refractivity contribution in [2.75, 3.05) is 6.54 Å². The highest BCUT2D eigenvalue weighted by Crippen LogP contribution is 2.27. The van der Waals surface area contributed by atoms with Crippen LogP contribution in [0.25, 0.3) is 0 Å². The number of rotatable bonds is 5. The summed E-state index contributed by atoms with van der Waals surface area (Å²) < 4.78 is 5.24. The summed E-state index contributed by atoms with van der Waals surface area (Å²) in [6.45, 7) is 0.415. The van der Waals surface area contributed by atoms with Crippen LogP contribution in [0, 0.1) is 0 Å². The van der Waals surface area contributed by atoms with Gasteiger partial charge in [-0.25, -0.2) is 9.59 Å². The summed E-state index contributed by atoms with van der Waals surface area (Å²) in [6.07, 6.45) is 2.99. The van der Waals surface area contributed by atoms with E-state index in [0.29, 0.717) is 0 Å². The van der Waals surface area contributed by atoms with Gasteiger partial charge in [0.05, 0.1) is 5.54 Å². The molecule has 0 spiro atoms. The molecule has 0 bridgehead atoms. The number of nitrogens with one attached hydrogen (secondary N) is 2. The first kappa shape index (κ1) is 16.1. The van der Waals surface area contributed by atoms with Gasteiger partial charge in [-0.05, 0) is 18.4 Å². The third-order valence-corrected chi connectivity index (χ3v) is 3.97. The van der Waals surface area contributed by atoms with E-state index in [1.165, 1.54) is 0 Å². The minimum Gasteiger partial charge on any atom is -0.465 e. The van der Waals surface area contributed by atoms with Crippen molar-refractivity contribution in [2.24, 2.45) is 0 Å². The Morgan fingerprint density at radius 3 is 2.45 bits per heavy atom. The fourth-order valence-electron chi connectivity index (χ4n) is 2.80. The first-order valence-corrected chi connectivity index (χ1v) is 7.55. The van der Waals surface area contributed by atoms with Gasteiger partial charge in [0.25, 0.3) is 0 Å². The number of ether oxygens (including phenoxy) is 1. The van der Waals surface area contributed by atoms with Crippen LogP contribution in [0.15, 0.2) is 30.3 Å².